The largest absolute Gasteiger partial charge is 0.494 e. The van der Waals surface area contributed by atoms with Crippen molar-refractivity contribution in [2.45, 2.75) is 39.7 Å². The van der Waals surface area contributed by atoms with Crippen molar-refractivity contribution >= 4 is 5.97 Å². The molecule has 162 valence electrons. The minimum atomic E-state index is -0.376. The van der Waals surface area contributed by atoms with Crippen LogP contribution in [0.2, 0.25) is 0 Å². The fourth-order valence-corrected chi connectivity index (χ4v) is 3.13. The van der Waals surface area contributed by atoms with Crippen molar-refractivity contribution in [3.8, 4) is 22.6 Å². The molecule has 4 nitrogen and oxygen atoms in total. The first-order chi connectivity index (χ1) is 15.1. The Bertz CT molecular complexity index is 944. The standard InChI is InChI=1S/C27H30O4/c1-4-18-29-20(3)21-6-8-24(9-7-21)27(28)31-26-16-12-23(13-17-26)22-10-14-25(15-11-22)30-19-5-2/h6-17,20H,4-5,18-19H2,1-3H3. The van der Waals surface area contributed by atoms with Gasteiger partial charge < -0.3 is 14.2 Å². The van der Waals surface area contributed by atoms with Gasteiger partial charge in [0.2, 0.25) is 0 Å². The summed E-state index contributed by atoms with van der Waals surface area (Å²) < 4.78 is 16.9. The molecule has 1 unspecified atom stereocenters. The topological polar surface area (TPSA) is 44.8 Å². The van der Waals surface area contributed by atoms with Crippen molar-refractivity contribution in [1.29, 1.82) is 0 Å². The van der Waals surface area contributed by atoms with E-state index in [0.29, 0.717) is 17.9 Å². The van der Waals surface area contributed by atoms with Gasteiger partial charge in [0.25, 0.3) is 0 Å². The van der Waals surface area contributed by atoms with Crippen LogP contribution in [0.25, 0.3) is 11.1 Å². The van der Waals surface area contributed by atoms with Crippen LogP contribution in [0.15, 0.2) is 72.8 Å². The number of carbonyl (C=O) groups excluding carboxylic acids is 1. The van der Waals surface area contributed by atoms with E-state index < -0.39 is 0 Å². The highest BCUT2D eigenvalue weighted by Crippen LogP contribution is 2.25. The number of hydrogen-bond acceptors (Lipinski definition) is 4. The van der Waals surface area contributed by atoms with E-state index in [1.807, 2.05) is 67.6 Å². The Morgan fingerprint density at radius 2 is 1.29 bits per heavy atom. The molecule has 0 amide bonds. The lowest BCUT2D eigenvalue weighted by Crippen LogP contribution is -2.09. The van der Waals surface area contributed by atoms with Gasteiger partial charge in [0.05, 0.1) is 18.3 Å². The van der Waals surface area contributed by atoms with E-state index in [4.69, 9.17) is 14.2 Å². The Kier molecular flexibility index (Phi) is 8.25. The van der Waals surface area contributed by atoms with Crippen LogP contribution in [0.1, 0.15) is 55.6 Å². The zero-order valence-electron chi connectivity index (χ0n) is 18.5. The minimum absolute atomic E-state index is 0.00448. The molecule has 0 N–H and O–H groups in total. The summed E-state index contributed by atoms with van der Waals surface area (Å²) in [6.45, 7) is 7.61. The van der Waals surface area contributed by atoms with Crippen LogP contribution in [0.4, 0.5) is 0 Å². The summed E-state index contributed by atoms with van der Waals surface area (Å²) in [6.07, 6.45) is 1.97. The van der Waals surface area contributed by atoms with E-state index in [0.717, 1.165) is 41.9 Å². The van der Waals surface area contributed by atoms with Gasteiger partial charge in [-0.1, -0.05) is 50.2 Å². The summed E-state index contributed by atoms with van der Waals surface area (Å²) in [4.78, 5) is 12.5. The summed E-state index contributed by atoms with van der Waals surface area (Å²) >= 11 is 0. The fourth-order valence-electron chi connectivity index (χ4n) is 3.13. The van der Waals surface area contributed by atoms with Gasteiger partial charge in [0.1, 0.15) is 11.5 Å². The highest BCUT2D eigenvalue weighted by molar-refractivity contribution is 5.91. The molecule has 4 heteroatoms. The molecule has 0 saturated carbocycles. The average Bonchev–Trinajstić information content (AvgIpc) is 2.82. The van der Waals surface area contributed by atoms with Gasteiger partial charge >= 0.3 is 5.97 Å². The Hall–Kier alpha value is -3.11. The molecular formula is C27H30O4. The molecule has 0 fully saturated rings. The molecule has 0 saturated heterocycles. The molecule has 0 bridgehead atoms. The van der Waals surface area contributed by atoms with Crippen molar-refractivity contribution in [2.75, 3.05) is 13.2 Å². The van der Waals surface area contributed by atoms with E-state index >= 15 is 0 Å². The van der Waals surface area contributed by atoms with E-state index in [2.05, 4.69) is 13.8 Å². The molecule has 0 aliphatic carbocycles. The van der Waals surface area contributed by atoms with E-state index in [1.165, 1.54) is 0 Å². The summed E-state index contributed by atoms with van der Waals surface area (Å²) in [5.74, 6) is 1.01. The monoisotopic (exact) mass is 418 g/mol. The van der Waals surface area contributed by atoms with Crippen LogP contribution in [0, 0.1) is 0 Å². The molecule has 0 spiro atoms. The maximum atomic E-state index is 12.5. The molecule has 0 aliphatic rings. The number of benzene rings is 3. The van der Waals surface area contributed by atoms with Crippen molar-refractivity contribution < 1.29 is 19.0 Å². The number of hydrogen-bond donors (Lipinski definition) is 0. The Morgan fingerprint density at radius 1 is 0.742 bits per heavy atom. The Labute approximate surface area is 184 Å². The van der Waals surface area contributed by atoms with Crippen molar-refractivity contribution in [1.82, 2.24) is 0 Å². The normalized spacial score (nSPS) is 11.7. The molecule has 1 atom stereocenters. The van der Waals surface area contributed by atoms with Gasteiger partial charge in [-0.05, 0) is 72.9 Å². The third kappa shape index (κ3) is 6.43. The smallest absolute Gasteiger partial charge is 0.343 e. The van der Waals surface area contributed by atoms with Crippen LogP contribution < -0.4 is 9.47 Å². The first-order valence-electron chi connectivity index (χ1n) is 10.9. The Morgan fingerprint density at radius 3 is 1.84 bits per heavy atom. The molecule has 31 heavy (non-hydrogen) atoms. The number of esters is 1. The van der Waals surface area contributed by atoms with Gasteiger partial charge in [0.15, 0.2) is 0 Å². The number of carbonyl (C=O) groups is 1. The predicted octanol–water partition coefficient (Wildman–Crippen LogP) is 6.85. The average molecular weight is 419 g/mol. The second-order valence-corrected chi connectivity index (χ2v) is 7.42. The lowest BCUT2D eigenvalue weighted by atomic mass is 10.1. The summed E-state index contributed by atoms with van der Waals surface area (Å²) in [6, 6.07) is 22.9. The van der Waals surface area contributed by atoms with E-state index in [-0.39, 0.29) is 12.1 Å². The molecule has 3 rings (SSSR count). The van der Waals surface area contributed by atoms with Gasteiger partial charge in [-0.3, -0.25) is 0 Å². The zero-order chi connectivity index (χ0) is 22.1. The van der Waals surface area contributed by atoms with Crippen LogP contribution in [-0.2, 0) is 4.74 Å². The third-order valence-corrected chi connectivity index (χ3v) is 4.91. The van der Waals surface area contributed by atoms with Crippen LogP contribution in [-0.4, -0.2) is 19.2 Å². The first kappa shape index (κ1) is 22.6. The summed E-state index contributed by atoms with van der Waals surface area (Å²) in [7, 11) is 0. The van der Waals surface area contributed by atoms with Gasteiger partial charge in [-0.15, -0.1) is 0 Å². The molecule has 0 heterocycles. The van der Waals surface area contributed by atoms with Crippen LogP contribution in [0.3, 0.4) is 0 Å². The molecule has 3 aromatic carbocycles. The third-order valence-electron chi connectivity index (χ3n) is 4.91. The maximum Gasteiger partial charge on any atom is 0.343 e. The SMILES string of the molecule is CCCOc1ccc(-c2ccc(OC(=O)c3ccc(C(C)OCCC)cc3)cc2)cc1. The van der Waals surface area contributed by atoms with Gasteiger partial charge in [-0.25, -0.2) is 4.79 Å². The molecule has 0 aliphatic heterocycles. The van der Waals surface area contributed by atoms with Crippen LogP contribution in [0.5, 0.6) is 11.5 Å². The second-order valence-electron chi connectivity index (χ2n) is 7.42. The van der Waals surface area contributed by atoms with Crippen molar-refractivity contribution in [2.24, 2.45) is 0 Å². The van der Waals surface area contributed by atoms with E-state index in [1.54, 1.807) is 12.1 Å². The number of rotatable bonds is 10. The van der Waals surface area contributed by atoms with Gasteiger partial charge in [0, 0.05) is 6.61 Å². The van der Waals surface area contributed by atoms with Gasteiger partial charge in [-0.2, -0.15) is 0 Å². The summed E-state index contributed by atoms with van der Waals surface area (Å²) in [5.41, 5.74) is 3.68. The predicted molar refractivity (Wildman–Crippen MR) is 124 cm³/mol. The quantitative estimate of drug-likeness (QED) is 0.267. The molecular weight excluding hydrogens is 388 g/mol. The lowest BCUT2D eigenvalue weighted by Gasteiger charge is -2.13. The minimum Gasteiger partial charge on any atom is -0.494 e. The lowest BCUT2D eigenvalue weighted by molar-refractivity contribution is 0.0660. The zero-order valence-corrected chi connectivity index (χ0v) is 18.5. The summed E-state index contributed by atoms with van der Waals surface area (Å²) in [5, 5.41) is 0. The Balaban J connectivity index is 1.59. The highest BCUT2D eigenvalue weighted by atomic mass is 16.5. The highest BCUT2D eigenvalue weighted by Gasteiger charge is 2.11. The van der Waals surface area contributed by atoms with Crippen molar-refractivity contribution in [3.05, 3.63) is 83.9 Å². The molecule has 0 aromatic heterocycles. The second kappa shape index (κ2) is 11.3. The number of ether oxygens (including phenoxy) is 3. The van der Waals surface area contributed by atoms with E-state index in [9.17, 15) is 4.79 Å². The maximum absolute atomic E-state index is 12.5. The molecule has 0 radical (unpaired) electrons. The fraction of sp³-hybridized carbons (Fsp3) is 0.296. The first-order valence-corrected chi connectivity index (χ1v) is 10.9. The van der Waals surface area contributed by atoms with Crippen molar-refractivity contribution in [3.63, 3.8) is 0 Å². The molecule has 3 aromatic rings. The van der Waals surface area contributed by atoms with Crippen LogP contribution >= 0.6 is 0 Å².